The zero-order valence-corrected chi connectivity index (χ0v) is 20.6. The van der Waals surface area contributed by atoms with Gasteiger partial charge in [0.05, 0.1) is 29.3 Å². The highest BCUT2D eigenvalue weighted by molar-refractivity contribution is 7.14. The molecule has 0 saturated carbocycles. The Hall–Kier alpha value is -3.49. The fourth-order valence-corrected chi connectivity index (χ4v) is 4.68. The van der Waals surface area contributed by atoms with Gasteiger partial charge in [0.25, 0.3) is 0 Å². The largest absolute Gasteiger partial charge is 0.455 e. The van der Waals surface area contributed by atoms with Crippen LogP contribution in [0.2, 0.25) is 5.02 Å². The van der Waals surface area contributed by atoms with E-state index < -0.39 is 5.97 Å². The highest BCUT2D eigenvalue weighted by Crippen LogP contribution is 2.30. The minimum Gasteiger partial charge on any atom is -0.455 e. The van der Waals surface area contributed by atoms with Crippen molar-refractivity contribution >= 4 is 45.6 Å². The van der Waals surface area contributed by atoms with Gasteiger partial charge in [0.1, 0.15) is 12.2 Å². The molecular weight excluding hydrogens is 472 g/mol. The van der Waals surface area contributed by atoms with Crippen LogP contribution < -0.4 is 4.90 Å². The third-order valence-corrected chi connectivity index (χ3v) is 6.33. The van der Waals surface area contributed by atoms with Gasteiger partial charge >= 0.3 is 5.97 Å². The molecule has 1 amide bonds. The summed E-state index contributed by atoms with van der Waals surface area (Å²) in [7, 11) is 0. The molecule has 0 aliphatic carbocycles. The van der Waals surface area contributed by atoms with E-state index in [1.165, 1.54) is 23.2 Å². The van der Waals surface area contributed by atoms with Gasteiger partial charge in [-0.25, -0.2) is 9.78 Å². The molecule has 4 rings (SSSR count). The number of halogens is 1. The second-order valence-electron chi connectivity index (χ2n) is 7.72. The van der Waals surface area contributed by atoms with E-state index >= 15 is 0 Å². The third kappa shape index (κ3) is 5.18. The van der Waals surface area contributed by atoms with Crippen LogP contribution in [0, 0.1) is 13.8 Å². The van der Waals surface area contributed by atoms with Crippen LogP contribution in [-0.4, -0.2) is 26.6 Å². The number of amides is 1. The molecule has 34 heavy (non-hydrogen) atoms. The summed E-state index contributed by atoms with van der Waals surface area (Å²) in [5.41, 5.74) is 4.08. The molecule has 4 aromatic rings. The molecule has 0 aliphatic heterocycles. The number of ether oxygens (including phenoxy) is 1. The minimum absolute atomic E-state index is 0.0145. The van der Waals surface area contributed by atoms with Gasteiger partial charge in [-0.05, 0) is 37.6 Å². The molecule has 0 fully saturated rings. The van der Waals surface area contributed by atoms with Gasteiger partial charge in [0.15, 0.2) is 5.13 Å². The Morgan fingerprint density at radius 3 is 2.59 bits per heavy atom. The first-order valence-corrected chi connectivity index (χ1v) is 11.8. The lowest BCUT2D eigenvalue weighted by Gasteiger charge is -2.18. The first-order valence-electron chi connectivity index (χ1n) is 10.6. The Morgan fingerprint density at radius 1 is 1.12 bits per heavy atom. The molecule has 2 aromatic carbocycles. The number of nitrogens with zero attached hydrogens (tertiary/aromatic N) is 4. The second-order valence-corrected chi connectivity index (χ2v) is 8.99. The summed E-state index contributed by atoms with van der Waals surface area (Å²) in [5, 5.41) is 7.28. The van der Waals surface area contributed by atoms with E-state index in [0.717, 1.165) is 11.3 Å². The average molecular weight is 495 g/mol. The number of esters is 1. The van der Waals surface area contributed by atoms with Crippen LogP contribution in [0.1, 0.15) is 39.9 Å². The van der Waals surface area contributed by atoms with E-state index in [0.29, 0.717) is 39.3 Å². The Balaban J connectivity index is 1.46. The van der Waals surface area contributed by atoms with Crippen molar-refractivity contribution in [1.82, 2.24) is 14.8 Å². The summed E-state index contributed by atoms with van der Waals surface area (Å²) in [6, 6.07) is 16.9. The van der Waals surface area contributed by atoms with Crippen LogP contribution >= 0.6 is 22.9 Å². The molecule has 0 bridgehead atoms. The maximum absolute atomic E-state index is 12.9. The maximum Gasteiger partial charge on any atom is 0.342 e. The molecule has 0 aliphatic rings. The van der Waals surface area contributed by atoms with Gasteiger partial charge < -0.3 is 4.74 Å². The van der Waals surface area contributed by atoms with Crippen LogP contribution in [0.3, 0.4) is 0 Å². The highest BCUT2D eigenvalue weighted by atomic mass is 35.5. The molecule has 0 N–H and O–H groups in total. The lowest BCUT2D eigenvalue weighted by Crippen LogP contribution is -2.22. The summed E-state index contributed by atoms with van der Waals surface area (Å²) < 4.78 is 7.35. The summed E-state index contributed by atoms with van der Waals surface area (Å²) in [6.45, 7) is 5.67. The Kier molecular flexibility index (Phi) is 7.09. The number of hydrogen-bond acceptors (Lipinski definition) is 6. The van der Waals surface area contributed by atoms with Crippen molar-refractivity contribution in [2.45, 2.75) is 33.9 Å². The number of hydrogen-bond donors (Lipinski definition) is 0. The predicted octanol–water partition coefficient (Wildman–Crippen LogP) is 5.70. The Bertz CT molecular complexity index is 1330. The Labute approximate surface area is 206 Å². The van der Waals surface area contributed by atoms with E-state index in [2.05, 4.69) is 10.1 Å². The maximum atomic E-state index is 12.9. The highest BCUT2D eigenvalue weighted by Gasteiger charge is 2.22. The van der Waals surface area contributed by atoms with Crippen molar-refractivity contribution < 1.29 is 14.3 Å². The van der Waals surface area contributed by atoms with Crippen LogP contribution in [0.4, 0.5) is 10.8 Å². The van der Waals surface area contributed by atoms with Crippen molar-refractivity contribution in [3.8, 4) is 0 Å². The zero-order valence-electron chi connectivity index (χ0n) is 19.0. The van der Waals surface area contributed by atoms with Crippen LogP contribution in [-0.2, 0) is 22.7 Å². The number of thiazole rings is 1. The Morgan fingerprint density at radius 2 is 1.88 bits per heavy atom. The lowest BCUT2D eigenvalue weighted by molar-refractivity contribution is -0.115. The zero-order chi connectivity index (χ0) is 24.2. The monoisotopic (exact) mass is 494 g/mol. The quantitative estimate of drug-likeness (QED) is 0.308. The fraction of sp³-hybridized carbons (Fsp3) is 0.200. The van der Waals surface area contributed by atoms with Crippen LogP contribution in [0.25, 0.3) is 0 Å². The van der Waals surface area contributed by atoms with E-state index in [1.54, 1.807) is 41.3 Å². The van der Waals surface area contributed by atoms with Crippen molar-refractivity contribution in [3.63, 3.8) is 0 Å². The van der Waals surface area contributed by atoms with Crippen molar-refractivity contribution in [2.24, 2.45) is 0 Å². The summed E-state index contributed by atoms with van der Waals surface area (Å²) >= 11 is 7.37. The molecule has 7 nitrogen and oxygen atoms in total. The first kappa shape index (κ1) is 23.7. The smallest absolute Gasteiger partial charge is 0.342 e. The number of aryl methyl sites for hydroxylation is 1. The van der Waals surface area contributed by atoms with Gasteiger partial charge in [-0.2, -0.15) is 5.10 Å². The summed E-state index contributed by atoms with van der Waals surface area (Å²) in [6.07, 6.45) is 0. The van der Waals surface area contributed by atoms with E-state index in [9.17, 15) is 9.59 Å². The molecule has 0 saturated heterocycles. The molecule has 9 heteroatoms. The normalized spacial score (nSPS) is 10.8. The molecule has 0 radical (unpaired) electrons. The van der Waals surface area contributed by atoms with Crippen molar-refractivity contribution in [3.05, 3.63) is 93.2 Å². The first-order chi connectivity index (χ1) is 16.3. The van der Waals surface area contributed by atoms with Crippen LogP contribution in [0.15, 0.2) is 60.0 Å². The average Bonchev–Trinajstić information content (AvgIpc) is 3.37. The van der Waals surface area contributed by atoms with Gasteiger partial charge in [0, 0.05) is 17.3 Å². The molecular formula is C25H23ClN4O3S. The molecule has 0 unspecified atom stereocenters. The fourth-order valence-electron chi connectivity index (χ4n) is 3.62. The molecule has 2 heterocycles. The molecule has 174 valence electrons. The number of carbonyl (C=O) groups is 2. The van der Waals surface area contributed by atoms with Gasteiger partial charge in [0.2, 0.25) is 5.91 Å². The van der Waals surface area contributed by atoms with E-state index in [1.807, 2.05) is 37.3 Å². The number of carbonyl (C=O) groups excluding carboxylic acids is 2. The number of rotatable bonds is 7. The van der Waals surface area contributed by atoms with Gasteiger partial charge in [-0.3, -0.25) is 14.4 Å². The predicted molar refractivity (Wildman–Crippen MR) is 133 cm³/mol. The molecule has 2 aromatic heterocycles. The third-order valence-electron chi connectivity index (χ3n) is 5.22. The number of aromatic nitrogens is 3. The minimum atomic E-state index is -0.456. The number of benzene rings is 2. The van der Waals surface area contributed by atoms with Crippen LogP contribution in [0.5, 0.6) is 0 Å². The second kappa shape index (κ2) is 10.2. The molecule has 0 spiro atoms. The van der Waals surface area contributed by atoms with E-state index in [-0.39, 0.29) is 12.5 Å². The summed E-state index contributed by atoms with van der Waals surface area (Å²) in [5.74, 6) is -0.653. The van der Waals surface area contributed by atoms with E-state index in [4.69, 9.17) is 16.3 Å². The van der Waals surface area contributed by atoms with Gasteiger partial charge in [-0.1, -0.05) is 48.0 Å². The van der Waals surface area contributed by atoms with Crippen molar-refractivity contribution in [1.29, 1.82) is 0 Å². The van der Waals surface area contributed by atoms with Gasteiger partial charge in [-0.15, -0.1) is 11.3 Å². The SMILES string of the molecule is CC(=O)N(c1cccc(Cl)c1)c1nc(COC(=O)c2c(C)nn(Cc3ccccc3)c2C)cs1. The lowest BCUT2D eigenvalue weighted by atomic mass is 10.2. The molecule has 0 atom stereocenters. The van der Waals surface area contributed by atoms with Crippen molar-refractivity contribution in [2.75, 3.05) is 4.90 Å². The number of anilines is 2. The summed E-state index contributed by atoms with van der Waals surface area (Å²) in [4.78, 5) is 31.1. The topological polar surface area (TPSA) is 77.3 Å². The standard InChI is InChI=1S/C25H23ClN4O3S/c1-16-23(17(2)29(28-16)13-19-8-5-4-6-9-19)24(32)33-14-21-15-34-25(27-21)30(18(3)31)22-11-7-10-20(26)12-22/h4-12,15H,13-14H2,1-3H3.